The number of carbonyl (C=O) groups is 1. The summed E-state index contributed by atoms with van der Waals surface area (Å²) >= 11 is 0. The molecule has 4 N–H and O–H groups in total. The molecule has 0 aromatic heterocycles. The minimum Gasteiger partial charge on any atom is -0.354 e. The predicted molar refractivity (Wildman–Crippen MR) is 66.0 cm³/mol. The van der Waals surface area contributed by atoms with Crippen molar-refractivity contribution in [3.63, 3.8) is 0 Å². The van der Waals surface area contributed by atoms with E-state index in [1.54, 1.807) is 18.2 Å². The number of para-hydroxylation sites is 1. The number of piperazine rings is 1. The largest absolute Gasteiger partial charge is 0.354 e. The van der Waals surface area contributed by atoms with Gasteiger partial charge in [-0.05, 0) is 12.1 Å². The molecule has 1 aliphatic rings. The Morgan fingerprint density at radius 3 is 2.72 bits per heavy atom. The standard InChI is InChI=1S/C10H14N4O3S/c11-13-8-3-1-2-4-9(8)18(16,17)14-6-5-12-10(15)7-14/h1-4,13H,5-7,11H2,(H,12,15). The van der Waals surface area contributed by atoms with E-state index >= 15 is 0 Å². The molecule has 2 rings (SSSR count). The Kier molecular flexibility index (Phi) is 3.50. The zero-order valence-electron chi connectivity index (χ0n) is 9.59. The molecule has 0 bridgehead atoms. The van der Waals surface area contributed by atoms with E-state index in [0.717, 1.165) is 4.31 Å². The molecule has 7 nitrogen and oxygen atoms in total. The van der Waals surface area contributed by atoms with Crippen molar-refractivity contribution in [3.8, 4) is 0 Å². The second kappa shape index (κ2) is 4.92. The first-order valence-corrected chi connectivity index (χ1v) is 6.82. The van der Waals surface area contributed by atoms with E-state index in [1.165, 1.54) is 6.07 Å². The first-order chi connectivity index (χ1) is 8.55. The topological polar surface area (TPSA) is 105 Å². The maximum absolute atomic E-state index is 12.4. The number of nitrogen functional groups attached to an aromatic ring is 1. The van der Waals surface area contributed by atoms with Crippen LogP contribution in [0.1, 0.15) is 0 Å². The summed E-state index contributed by atoms with van der Waals surface area (Å²) in [6.07, 6.45) is 0. The minimum absolute atomic E-state index is 0.0715. The molecule has 0 radical (unpaired) electrons. The van der Waals surface area contributed by atoms with Crippen molar-refractivity contribution in [1.82, 2.24) is 9.62 Å². The maximum atomic E-state index is 12.4. The number of nitrogens with two attached hydrogens (primary N) is 1. The average molecular weight is 270 g/mol. The van der Waals surface area contributed by atoms with E-state index in [-0.39, 0.29) is 23.9 Å². The van der Waals surface area contributed by atoms with Gasteiger partial charge in [0.25, 0.3) is 0 Å². The highest BCUT2D eigenvalue weighted by molar-refractivity contribution is 7.89. The number of hydrazine groups is 1. The van der Waals surface area contributed by atoms with Crippen molar-refractivity contribution in [2.24, 2.45) is 5.84 Å². The second-order valence-corrected chi connectivity index (χ2v) is 5.74. The fourth-order valence-corrected chi connectivity index (χ4v) is 3.32. The summed E-state index contributed by atoms with van der Waals surface area (Å²) in [7, 11) is -3.71. The lowest BCUT2D eigenvalue weighted by molar-refractivity contribution is -0.122. The van der Waals surface area contributed by atoms with Crippen LogP contribution in [0.3, 0.4) is 0 Å². The maximum Gasteiger partial charge on any atom is 0.245 e. The number of sulfonamides is 1. The predicted octanol–water partition coefficient (Wildman–Crippen LogP) is -0.907. The van der Waals surface area contributed by atoms with Crippen molar-refractivity contribution in [2.75, 3.05) is 25.1 Å². The molecular formula is C10H14N4O3S. The Labute approximate surface area is 105 Å². The molecule has 1 saturated heterocycles. The van der Waals surface area contributed by atoms with Crippen LogP contribution in [-0.4, -0.2) is 38.3 Å². The first-order valence-electron chi connectivity index (χ1n) is 5.38. The van der Waals surface area contributed by atoms with Crippen molar-refractivity contribution in [2.45, 2.75) is 4.90 Å². The van der Waals surface area contributed by atoms with Gasteiger partial charge in [0, 0.05) is 13.1 Å². The Morgan fingerprint density at radius 1 is 1.33 bits per heavy atom. The molecule has 98 valence electrons. The Hall–Kier alpha value is -1.64. The normalized spacial score (nSPS) is 17.3. The summed E-state index contributed by atoms with van der Waals surface area (Å²) in [4.78, 5) is 11.3. The molecule has 8 heteroatoms. The lowest BCUT2D eigenvalue weighted by Crippen LogP contribution is -2.49. The van der Waals surface area contributed by atoms with E-state index in [4.69, 9.17) is 5.84 Å². The second-order valence-electron chi connectivity index (χ2n) is 3.83. The Bertz CT molecular complexity index is 558. The van der Waals surface area contributed by atoms with Crippen LogP contribution in [-0.2, 0) is 14.8 Å². The van der Waals surface area contributed by atoms with Gasteiger partial charge in [0.2, 0.25) is 15.9 Å². The molecule has 0 aliphatic carbocycles. The number of carbonyl (C=O) groups excluding carboxylic acids is 1. The van der Waals surface area contributed by atoms with Gasteiger partial charge in [-0.25, -0.2) is 8.42 Å². The molecule has 1 heterocycles. The summed E-state index contributed by atoms with van der Waals surface area (Å²) in [5.41, 5.74) is 2.65. The summed E-state index contributed by atoms with van der Waals surface area (Å²) < 4.78 is 25.9. The summed E-state index contributed by atoms with van der Waals surface area (Å²) in [6, 6.07) is 6.31. The van der Waals surface area contributed by atoms with Crippen molar-refractivity contribution < 1.29 is 13.2 Å². The third-order valence-electron chi connectivity index (χ3n) is 2.66. The average Bonchev–Trinajstić information content (AvgIpc) is 2.38. The van der Waals surface area contributed by atoms with Crippen LogP contribution in [0.15, 0.2) is 29.2 Å². The van der Waals surface area contributed by atoms with Crippen molar-refractivity contribution >= 4 is 21.6 Å². The molecule has 0 spiro atoms. The van der Waals surface area contributed by atoms with E-state index in [2.05, 4.69) is 10.7 Å². The smallest absolute Gasteiger partial charge is 0.245 e. The Morgan fingerprint density at radius 2 is 2.06 bits per heavy atom. The highest BCUT2D eigenvalue weighted by Gasteiger charge is 2.30. The monoisotopic (exact) mass is 270 g/mol. The lowest BCUT2D eigenvalue weighted by Gasteiger charge is -2.26. The quantitative estimate of drug-likeness (QED) is 0.487. The van der Waals surface area contributed by atoms with Crippen molar-refractivity contribution in [1.29, 1.82) is 0 Å². The fourth-order valence-electron chi connectivity index (χ4n) is 1.77. The molecule has 1 amide bonds. The minimum atomic E-state index is -3.71. The SMILES string of the molecule is NNc1ccccc1S(=O)(=O)N1CCNC(=O)C1. The number of amides is 1. The summed E-state index contributed by atoms with van der Waals surface area (Å²) in [5.74, 6) is 4.99. The van der Waals surface area contributed by atoms with E-state index in [0.29, 0.717) is 12.2 Å². The van der Waals surface area contributed by atoms with E-state index in [9.17, 15) is 13.2 Å². The van der Waals surface area contributed by atoms with Gasteiger partial charge in [0.05, 0.1) is 12.2 Å². The van der Waals surface area contributed by atoms with Crippen LogP contribution in [0.2, 0.25) is 0 Å². The van der Waals surface area contributed by atoms with Gasteiger partial charge in [-0.3, -0.25) is 10.6 Å². The highest BCUT2D eigenvalue weighted by atomic mass is 32.2. The van der Waals surface area contributed by atoms with Crippen LogP contribution in [0.4, 0.5) is 5.69 Å². The van der Waals surface area contributed by atoms with Gasteiger partial charge in [-0.1, -0.05) is 12.1 Å². The molecular weight excluding hydrogens is 256 g/mol. The number of anilines is 1. The highest BCUT2D eigenvalue weighted by Crippen LogP contribution is 2.23. The molecule has 1 aliphatic heterocycles. The van der Waals surface area contributed by atoms with Crippen LogP contribution in [0, 0.1) is 0 Å². The van der Waals surface area contributed by atoms with Gasteiger partial charge in [0.1, 0.15) is 4.90 Å². The van der Waals surface area contributed by atoms with E-state index < -0.39 is 10.0 Å². The number of hydrogen-bond donors (Lipinski definition) is 3. The molecule has 1 fully saturated rings. The number of hydrogen-bond acceptors (Lipinski definition) is 5. The summed E-state index contributed by atoms with van der Waals surface area (Å²) in [5, 5.41) is 2.58. The third kappa shape index (κ3) is 2.30. The third-order valence-corrected chi connectivity index (χ3v) is 4.57. The zero-order valence-corrected chi connectivity index (χ0v) is 10.4. The molecule has 0 saturated carbocycles. The molecule has 18 heavy (non-hydrogen) atoms. The van der Waals surface area contributed by atoms with Gasteiger partial charge in [-0.2, -0.15) is 4.31 Å². The number of benzene rings is 1. The van der Waals surface area contributed by atoms with Gasteiger partial charge in [-0.15, -0.1) is 0 Å². The zero-order chi connectivity index (χ0) is 13.2. The van der Waals surface area contributed by atoms with Gasteiger partial charge >= 0.3 is 0 Å². The summed E-state index contributed by atoms with van der Waals surface area (Å²) in [6.45, 7) is 0.407. The van der Waals surface area contributed by atoms with Crippen LogP contribution >= 0.6 is 0 Å². The van der Waals surface area contributed by atoms with Gasteiger partial charge < -0.3 is 10.7 Å². The molecule has 1 aromatic carbocycles. The number of nitrogens with one attached hydrogen (secondary N) is 2. The number of rotatable bonds is 3. The van der Waals surface area contributed by atoms with E-state index in [1.807, 2.05) is 0 Å². The molecule has 0 atom stereocenters. The molecule has 1 aromatic rings. The van der Waals surface area contributed by atoms with Crippen LogP contribution in [0.5, 0.6) is 0 Å². The number of nitrogens with zero attached hydrogens (tertiary/aromatic N) is 1. The van der Waals surface area contributed by atoms with Gasteiger partial charge in [0.15, 0.2) is 0 Å². The van der Waals surface area contributed by atoms with Crippen LogP contribution in [0.25, 0.3) is 0 Å². The lowest BCUT2D eigenvalue weighted by atomic mass is 10.3. The van der Waals surface area contributed by atoms with Crippen LogP contribution < -0.4 is 16.6 Å². The van der Waals surface area contributed by atoms with Crippen molar-refractivity contribution in [3.05, 3.63) is 24.3 Å². The molecule has 0 unspecified atom stereocenters. The first kappa shape index (κ1) is 12.8. The fraction of sp³-hybridized carbons (Fsp3) is 0.300. The Balaban J connectivity index is 2.38.